The molecule has 0 saturated carbocycles. The van der Waals surface area contributed by atoms with E-state index in [1.54, 1.807) is 29.8 Å². The van der Waals surface area contributed by atoms with E-state index in [1.165, 1.54) is 14.8 Å². The monoisotopic (exact) mass is 783 g/mol. The molecule has 3 saturated heterocycles. The highest BCUT2D eigenvalue weighted by molar-refractivity contribution is 7.89. The minimum atomic E-state index is -4.53. The largest absolute Gasteiger partial charge is 0.419 e. The molecule has 14 nitrogen and oxygen atoms in total. The van der Waals surface area contributed by atoms with Gasteiger partial charge in [-0.25, -0.2) is 23.2 Å². The molecule has 55 heavy (non-hydrogen) atoms. The second kappa shape index (κ2) is 15.1. The van der Waals surface area contributed by atoms with Crippen molar-refractivity contribution in [2.45, 2.75) is 74.1 Å². The van der Waals surface area contributed by atoms with Gasteiger partial charge >= 0.3 is 12.2 Å². The molecule has 3 fully saturated rings. The number of aryl methyl sites for hydroxylation is 1. The van der Waals surface area contributed by atoms with Crippen molar-refractivity contribution in [1.29, 1.82) is 0 Å². The zero-order valence-electron chi connectivity index (χ0n) is 30.6. The summed E-state index contributed by atoms with van der Waals surface area (Å²) in [4.78, 5) is 35.5. The van der Waals surface area contributed by atoms with Crippen LogP contribution in [0.2, 0.25) is 0 Å². The highest BCUT2D eigenvalue weighted by Gasteiger charge is 2.34. The van der Waals surface area contributed by atoms with Gasteiger partial charge in [0.05, 0.1) is 21.6 Å². The van der Waals surface area contributed by atoms with Crippen LogP contribution in [0, 0.1) is 0 Å². The molecule has 18 heteroatoms. The van der Waals surface area contributed by atoms with E-state index in [0.717, 1.165) is 49.2 Å². The van der Waals surface area contributed by atoms with Crippen LogP contribution in [0.4, 0.5) is 29.7 Å². The fourth-order valence-corrected chi connectivity index (χ4v) is 9.35. The van der Waals surface area contributed by atoms with E-state index in [9.17, 15) is 36.3 Å². The molecular formula is C37H44F3N9O5S. The number of aromatic nitrogens is 4. The van der Waals surface area contributed by atoms with Gasteiger partial charge in [-0.15, -0.1) is 0 Å². The number of hydrogen-bond donors (Lipinski definition) is 3. The zero-order chi connectivity index (χ0) is 39.1. The number of imide groups is 1. The summed E-state index contributed by atoms with van der Waals surface area (Å²) in [5.74, 6) is 0.599. The number of fused-ring (bicyclic) bond motifs is 1. The van der Waals surface area contributed by atoms with Gasteiger partial charge in [0.2, 0.25) is 21.9 Å². The Hall–Kier alpha value is -4.65. The number of sulfonamides is 1. The van der Waals surface area contributed by atoms with Crippen LogP contribution < -0.4 is 15.5 Å². The molecule has 1 atom stereocenters. The van der Waals surface area contributed by atoms with Gasteiger partial charge in [0.15, 0.2) is 5.82 Å². The first-order valence-electron chi connectivity index (χ1n) is 18.3. The molecule has 5 heterocycles. The Labute approximate surface area is 316 Å². The summed E-state index contributed by atoms with van der Waals surface area (Å²) in [6.07, 6.45) is 0.0224. The number of β-amino-alcohol motifs (C(OH)–C–C–N with tert-alkyl or cyclic N) is 1. The molecule has 4 aromatic rings. The number of rotatable bonds is 10. The van der Waals surface area contributed by atoms with E-state index >= 15 is 0 Å². The minimum Gasteiger partial charge on any atom is -0.388 e. The van der Waals surface area contributed by atoms with Crippen LogP contribution in [-0.2, 0) is 34.5 Å². The lowest BCUT2D eigenvalue weighted by Crippen LogP contribution is -2.49. The van der Waals surface area contributed by atoms with Gasteiger partial charge in [-0.3, -0.25) is 19.7 Å². The fraction of sp³-hybridized carbons (Fsp3) is 0.486. The number of hydrogen-bond acceptors (Lipinski definition) is 10. The molecule has 7 rings (SSSR count). The van der Waals surface area contributed by atoms with Gasteiger partial charge in [0, 0.05) is 69.9 Å². The number of alkyl halides is 3. The first kappa shape index (κ1) is 38.6. The van der Waals surface area contributed by atoms with Crippen molar-refractivity contribution in [1.82, 2.24) is 34.3 Å². The summed E-state index contributed by atoms with van der Waals surface area (Å²) in [6, 6.07) is 12.2. The van der Waals surface area contributed by atoms with E-state index in [0.29, 0.717) is 36.7 Å². The smallest absolute Gasteiger partial charge is 0.388 e. The topological polar surface area (TPSA) is 166 Å². The molecule has 0 spiro atoms. The average molecular weight is 784 g/mol. The first-order valence-corrected chi connectivity index (χ1v) is 19.8. The summed E-state index contributed by atoms with van der Waals surface area (Å²) < 4.78 is 68.9. The van der Waals surface area contributed by atoms with Gasteiger partial charge in [-0.05, 0) is 87.0 Å². The molecule has 3 aliphatic rings. The maximum absolute atomic E-state index is 13.6. The highest BCUT2D eigenvalue weighted by Crippen LogP contribution is 2.34. The highest BCUT2D eigenvalue weighted by atomic mass is 32.2. The Morgan fingerprint density at radius 1 is 0.964 bits per heavy atom. The van der Waals surface area contributed by atoms with Gasteiger partial charge in [-0.2, -0.15) is 22.6 Å². The lowest BCUT2D eigenvalue weighted by molar-refractivity contribution is -0.138. The van der Waals surface area contributed by atoms with E-state index in [2.05, 4.69) is 42.7 Å². The van der Waals surface area contributed by atoms with E-state index in [1.807, 2.05) is 19.2 Å². The molecule has 0 bridgehead atoms. The first-order chi connectivity index (χ1) is 26.1. The molecule has 0 aliphatic carbocycles. The Morgan fingerprint density at radius 3 is 2.35 bits per heavy atom. The van der Waals surface area contributed by atoms with Crippen molar-refractivity contribution in [3.05, 3.63) is 71.5 Å². The van der Waals surface area contributed by atoms with Crippen LogP contribution in [0.25, 0.3) is 10.9 Å². The number of halogens is 3. The van der Waals surface area contributed by atoms with Gasteiger partial charge in [-0.1, -0.05) is 18.2 Å². The summed E-state index contributed by atoms with van der Waals surface area (Å²) in [7, 11) is -1.98. The van der Waals surface area contributed by atoms with Crippen LogP contribution >= 0.6 is 0 Å². The van der Waals surface area contributed by atoms with Crippen molar-refractivity contribution in [2.75, 3.05) is 49.5 Å². The van der Waals surface area contributed by atoms with E-state index < -0.39 is 33.4 Å². The average Bonchev–Trinajstić information content (AvgIpc) is 3.46. The third kappa shape index (κ3) is 8.61. The van der Waals surface area contributed by atoms with Crippen molar-refractivity contribution in [3.63, 3.8) is 0 Å². The van der Waals surface area contributed by atoms with Gasteiger partial charge < -0.3 is 15.3 Å². The maximum atomic E-state index is 13.6. The number of carbonyl (C=O) groups excluding carboxylic acids is 2. The van der Waals surface area contributed by atoms with Crippen LogP contribution in [0.3, 0.4) is 0 Å². The summed E-state index contributed by atoms with van der Waals surface area (Å²) in [6.45, 7) is 4.46. The molecular weight excluding hydrogens is 740 g/mol. The molecule has 1 unspecified atom stereocenters. The van der Waals surface area contributed by atoms with E-state index in [4.69, 9.17) is 0 Å². The second-order valence-corrected chi connectivity index (χ2v) is 16.9. The predicted octanol–water partition coefficient (Wildman–Crippen LogP) is 4.27. The van der Waals surface area contributed by atoms with Crippen LogP contribution in [0.5, 0.6) is 0 Å². The van der Waals surface area contributed by atoms with Crippen molar-refractivity contribution < 1.29 is 36.3 Å². The normalized spacial score (nSPS) is 19.8. The minimum absolute atomic E-state index is 0.0585. The molecule has 2 aromatic heterocycles. The zero-order valence-corrected chi connectivity index (χ0v) is 31.4. The second-order valence-electron chi connectivity index (χ2n) is 15.0. The van der Waals surface area contributed by atoms with Gasteiger partial charge in [0.1, 0.15) is 0 Å². The fourth-order valence-electron chi connectivity index (χ4n) is 7.81. The molecule has 294 valence electrons. The number of likely N-dealkylation sites (tertiary alicyclic amines) is 1. The number of carbonyl (C=O) groups is 2. The number of nitrogens with one attached hydrogen (secondary N) is 2. The lowest BCUT2D eigenvalue weighted by atomic mass is 9.88. The van der Waals surface area contributed by atoms with Gasteiger partial charge in [0.25, 0.3) is 0 Å². The molecule has 3 amide bonds. The van der Waals surface area contributed by atoms with Crippen molar-refractivity contribution in [3.8, 4) is 0 Å². The number of benzene rings is 2. The summed E-state index contributed by atoms with van der Waals surface area (Å²) in [5, 5.41) is 22.3. The number of anilines is 2. The van der Waals surface area contributed by atoms with Crippen molar-refractivity contribution >= 4 is 44.6 Å². The van der Waals surface area contributed by atoms with Crippen LogP contribution in [0.15, 0.2) is 59.8 Å². The molecule has 2 aromatic carbocycles. The number of amides is 3. The summed E-state index contributed by atoms with van der Waals surface area (Å²) in [5.41, 5.74) is 0.728. The number of urea groups is 1. The Kier molecular flexibility index (Phi) is 10.6. The number of nitrogens with zero attached hydrogens (tertiary/aromatic N) is 7. The predicted molar refractivity (Wildman–Crippen MR) is 198 cm³/mol. The quantitative estimate of drug-likeness (QED) is 0.212. The van der Waals surface area contributed by atoms with Crippen molar-refractivity contribution in [2.24, 2.45) is 7.05 Å². The molecule has 0 radical (unpaired) electrons. The van der Waals surface area contributed by atoms with E-state index in [-0.39, 0.29) is 55.3 Å². The third-order valence-electron chi connectivity index (χ3n) is 10.7. The van der Waals surface area contributed by atoms with Crippen LogP contribution in [0.1, 0.15) is 61.6 Å². The number of piperidine rings is 2. The number of aliphatic hydroxyl groups is 1. The molecule has 3 N–H and O–H groups in total. The Morgan fingerprint density at radius 2 is 1.67 bits per heavy atom. The SMILES string of the molecule is Cn1nc(N2CCC(=O)NC2=O)c2ccc(C3CCN(CC(C)(O)Cc4cccc(S(=O)(=O)N5CCC(Nc6ncc(C(F)(F)F)cn6)CC5)c4)CC3)cc21. The maximum Gasteiger partial charge on any atom is 0.419 e. The third-order valence-corrected chi connectivity index (χ3v) is 12.6. The Bertz CT molecular complexity index is 2160. The standard InChI is InChI=1S/C37H44F3N9O5S/c1-36(52,23-47-13-8-25(9-14-47)26-6-7-30-31(19-26)46(2)45-33(30)49-17-12-32(50)44-35(49)51)20-24-4-3-5-29(18-24)55(53,54)48-15-10-28(11-16-48)43-34-41-21-27(22-42-34)37(38,39)40/h3-7,18-19,21-22,25,28,52H,8-17,20,23H2,1-2H3,(H,41,42,43)(H,44,50,51). The summed E-state index contributed by atoms with van der Waals surface area (Å²) >= 11 is 0. The lowest BCUT2D eigenvalue weighted by Gasteiger charge is -2.37. The Balaban J connectivity index is 0.914. The molecule has 3 aliphatic heterocycles. The van der Waals surface area contributed by atoms with Crippen LogP contribution in [-0.4, -0.2) is 105 Å².